The Bertz CT molecular complexity index is 962. The highest BCUT2D eigenvalue weighted by Crippen LogP contribution is 2.62. The molecule has 0 saturated carbocycles. The number of fused-ring (bicyclic) bond motifs is 10. The van der Waals surface area contributed by atoms with Gasteiger partial charge in [-0.05, 0) is 44.5 Å². The second kappa shape index (κ2) is 7.72. The smallest absolute Gasteiger partial charge is 0.0683 e. The number of hydrogen-bond donors (Lipinski definition) is 0. The van der Waals surface area contributed by atoms with Gasteiger partial charge >= 0.3 is 0 Å². The highest BCUT2D eigenvalue weighted by molar-refractivity contribution is 5.94. The molecule has 0 unspecified atom stereocenters. The van der Waals surface area contributed by atoms with Crippen molar-refractivity contribution in [1.82, 2.24) is 0 Å². The molecule has 0 atom stereocenters. The molecular formula is C29H28. The van der Waals surface area contributed by atoms with Crippen LogP contribution in [0.1, 0.15) is 49.9 Å². The van der Waals surface area contributed by atoms with Gasteiger partial charge in [-0.2, -0.15) is 0 Å². The maximum atomic E-state index is 2.31. The van der Waals surface area contributed by atoms with Crippen molar-refractivity contribution in [2.75, 3.05) is 0 Å². The van der Waals surface area contributed by atoms with Gasteiger partial charge in [-0.25, -0.2) is 0 Å². The van der Waals surface area contributed by atoms with Gasteiger partial charge in [0.25, 0.3) is 0 Å². The first kappa shape index (κ1) is 19.2. The fourth-order valence-electron chi connectivity index (χ4n) is 5.05. The normalized spacial score (nSPS) is 13.1. The molecule has 0 bridgehead atoms. The molecule has 29 heavy (non-hydrogen) atoms. The average Bonchev–Trinajstić information content (AvgIpc) is 3.29. The average molecular weight is 377 g/mol. The molecule has 2 aliphatic carbocycles. The SMILES string of the molecule is CC.CC.c1ccc2c(c1)-c1ccccc1C21c2ccccc2-c2ccccc21. The zero-order valence-electron chi connectivity index (χ0n) is 17.7. The monoisotopic (exact) mass is 376 g/mol. The second-order valence-corrected chi connectivity index (χ2v) is 6.93. The summed E-state index contributed by atoms with van der Waals surface area (Å²) in [5, 5.41) is 0. The zero-order valence-corrected chi connectivity index (χ0v) is 17.7. The maximum Gasteiger partial charge on any atom is 0.0725 e. The molecule has 0 aromatic heterocycles. The van der Waals surface area contributed by atoms with Gasteiger partial charge in [-0.1, -0.05) is 125 Å². The minimum atomic E-state index is -0.180. The van der Waals surface area contributed by atoms with E-state index in [1.807, 2.05) is 27.7 Å². The molecule has 0 heterocycles. The van der Waals surface area contributed by atoms with Gasteiger partial charge < -0.3 is 0 Å². The fraction of sp³-hybridized carbons (Fsp3) is 0.172. The lowest BCUT2D eigenvalue weighted by atomic mass is 9.70. The van der Waals surface area contributed by atoms with E-state index in [4.69, 9.17) is 0 Å². The van der Waals surface area contributed by atoms with E-state index in [0.29, 0.717) is 0 Å². The van der Waals surface area contributed by atoms with Crippen LogP contribution in [0.25, 0.3) is 22.3 Å². The highest BCUT2D eigenvalue weighted by atomic mass is 14.5. The van der Waals surface area contributed by atoms with E-state index in [2.05, 4.69) is 97.1 Å². The van der Waals surface area contributed by atoms with E-state index in [0.717, 1.165) is 0 Å². The van der Waals surface area contributed by atoms with Gasteiger partial charge in [-0.3, -0.25) is 0 Å². The van der Waals surface area contributed by atoms with Crippen molar-refractivity contribution in [2.45, 2.75) is 33.1 Å². The van der Waals surface area contributed by atoms with Crippen molar-refractivity contribution in [3.05, 3.63) is 119 Å². The van der Waals surface area contributed by atoms with Gasteiger partial charge in [0.05, 0.1) is 5.41 Å². The van der Waals surface area contributed by atoms with E-state index >= 15 is 0 Å². The topological polar surface area (TPSA) is 0 Å². The summed E-state index contributed by atoms with van der Waals surface area (Å²) in [7, 11) is 0. The molecule has 0 heteroatoms. The molecule has 0 N–H and O–H groups in total. The summed E-state index contributed by atoms with van der Waals surface area (Å²) in [6, 6.07) is 35.7. The van der Waals surface area contributed by atoms with Crippen LogP contribution >= 0.6 is 0 Å². The van der Waals surface area contributed by atoms with Crippen LogP contribution in [0, 0.1) is 0 Å². The van der Waals surface area contributed by atoms with Crippen molar-refractivity contribution in [1.29, 1.82) is 0 Å². The number of rotatable bonds is 0. The summed E-state index contributed by atoms with van der Waals surface area (Å²) < 4.78 is 0. The van der Waals surface area contributed by atoms with Crippen molar-refractivity contribution in [3.8, 4) is 22.3 Å². The summed E-state index contributed by atoms with van der Waals surface area (Å²) >= 11 is 0. The van der Waals surface area contributed by atoms with Crippen LogP contribution in [0.3, 0.4) is 0 Å². The Labute approximate surface area is 174 Å². The molecule has 0 fully saturated rings. The summed E-state index contributed by atoms with van der Waals surface area (Å²) in [5.74, 6) is 0. The molecule has 0 saturated heterocycles. The Kier molecular flexibility index (Phi) is 5.11. The Morgan fingerprint density at radius 1 is 0.345 bits per heavy atom. The molecule has 0 nitrogen and oxygen atoms in total. The molecule has 2 aliphatic rings. The van der Waals surface area contributed by atoms with Crippen LogP contribution in [0.2, 0.25) is 0 Å². The lowest BCUT2D eigenvalue weighted by Gasteiger charge is -2.30. The standard InChI is InChI=1S/C25H16.2C2H6/c1-5-13-21-17(9-1)18-10-2-6-14-22(18)25(21)23-15-7-3-11-19(23)20-12-4-8-16-24(20)25;2*1-2/h1-16H;2*1-2H3. The van der Waals surface area contributed by atoms with Gasteiger partial charge in [0, 0.05) is 0 Å². The van der Waals surface area contributed by atoms with Crippen LogP contribution in [0.15, 0.2) is 97.1 Å². The van der Waals surface area contributed by atoms with Crippen LogP contribution < -0.4 is 0 Å². The van der Waals surface area contributed by atoms with E-state index < -0.39 is 0 Å². The second-order valence-electron chi connectivity index (χ2n) is 6.93. The summed E-state index contributed by atoms with van der Waals surface area (Å²) in [5.41, 5.74) is 10.9. The summed E-state index contributed by atoms with van der Waals surface area (Å²) in [6.45, 7) is 8.00. The Hall–Kier alpha value is -3.12. The Morgan fingerprint density at radius 3 is 0.793 bits per heavy atom. The van der Waals surface area contributed by atoms with E-state index in [1.165, 1.54) is 44.5 Å². The first-order chi connectivity index (χ1) is 14.4. The third-order valence-corrected chi connectivity index (χ3v) is 5.90. The molecule has 6 rings (SSSR count). The third kappa shape index (κ3) is 2.45. The lowest BCUT2D eigenvalue weighted by molar-refractivity contribution is 0.794. The zero-order chi connectivity index (χ0) is 20.4. The van der Waals surface area contributed by atoms with Crippen LogP contribution in [0.5, 0.6) is 0 Å². The molecule has 0 aliphatic heterocycles. The van der Waals surface area contributed by atoms with Crippen molar-refractivity contribution in [2.24, 2.45) is 0 Å². The molecule has 1 spiro atoms. The maximum absolute atomic E-state index is 2.31. The highest BCUT2D eigenvalue weighted by Gasteiger charge is 2.51. The predicted molar refractivity (Wildman–Crippen MR) is 125 cm³/mol. The van der Waals surface area contributed by atoms with Gasteiger partial charge in [-0.15, -0.1) is 0 Å². The first-order valence-electron chi connectivity index (χ1n) is 10.8. The molecular weight excluding hydrogens is 348 g/mol. The van der Waals surface area contributed by atoms with E-state index in [9.17, 15) is 0 Å². The van der Waals surface area contributed by atoms with Crippen LogP contribution in [0.4, 0.5) is 0 Å². The molecule has 0 amide bonds. The largest absolute Gasteiger partial charge is 0.0725 e. The number of benzene rings is 4. The van der Waals surface area contributed by atoms with Gasteiger partial charge in [0.1, 0.15) is 0 Å². The quantitative estimate of drug-likeness (QED) is 0.251. The molecule has 4 aromatic rings. The number of hydrogen-bond acceptors (Lipinski definition) is 0. The van der Waals surface area contributed by atoms with Crippen molar-refractivity contribution >= 4 is 0 Å². The van der Waals surface area contributed by atoms with Crippen molar-refractivity contribution < 1.29 is 0 Å². The molecule has 4 aromatic carbocycles. The summed E-state index contributed by atoms with van der Waals surface area (Å²) in [4.78, 5) is 0. The minimum absolute atomic E-state index is 0.180. The fourth-order valence-corrected chi connectivity index (χ4v) is 5.05. The summed E-state index contributed by atoms with van der Waals surface area (Å²) in [6.07, 6.45) is 0. The van der Waals surface area contributed by atoms with Crippen LogP contribution in [-0.2, 0) is 5.41 Å². The Balaban J connectivity index is 0.000000485. The first-order valence-corrected chi connectivity index (χ1v) is 10.8. The van der Waals surface area contributed by atoms with Crippen LogP contribution in [-0.4, -0.2) is 0 Å². The lowest BCUT2D eigenvalue weighted by Crippen LogP contribution is -2.25. The minimum Gasteiger partial charge on any atom is -0.0683 e. The van der Waals surface area contributed by atoms with Gasteiger partial charge in [0.2, 0.25) is 0 Å². The van der Waals surface area contributed by atoms with Crippen molar-refractivity contribution in [3.63, 3.8) is 0 Å². The molecule has 144 valence electrons. The van der Waals surface area contributed by atoms with Gasteiger partial charge in [0.15, 0.2) is 0 Å². The van der Waals surface area contributed by atoms with E-state index in [1.54, 1.807) is 0 Å². The molecule has 0 radical (unpaired) electrons. The Morgan fingerprint density at radius 2 is 0.552 bits per heavy atom. The predicted octanol–water partition coefficient (Wildman–Crippen LogP) is 8.08. The third-order valence-electron chi connectivity index (χ3n) is 5.90. The van der Waals surface area contributed by atoms with E-state index in [-0.39, 0.29) is 5.41 Å².